The third-order valence-electron chi connectivity index (χ3n) is 3.32. The van der Waals surface area contributed by atoms with Gasteiger partial charge < -0.3 is 5.11 Å². The molecule has 13 heavy (non-hydrogen) atoms. The van der Waals surface area contributed by atoms with Crippen molar-refractivity contribution in [3.05, 3.63) is 11.1 Å². The van der Waals surface area contributed by atoms with Crippen molar-refractivity contribution in [2.24, 2.45) is 5.92 Å². The fraction of sp³-hybridized carbons (Fsp3) is 0.833. The molecule has 76 valence electrons. The van der Waals surface area contributed by atoms with Crippen LogP contribution in [0.5, 0.6) is 0 Å². The van der Waals surface area contributed by atoms with Crippen LogP contribution in [0.1, 0.15) is 53.4 Å². The van der Waals surface area contributed by atoms with Gasteiger partial charge in [0, 0.05) is 0 Å². The van der Waals surface area contributed by atoms with E-state index in [1.54, 1.807) is 0 Å². The molecule has 0 aromatic heterocycles. The van der Waals surface area contributed by atoms with Gasteiger partial charge in [0.25, 0.3) is 0 Å². The quantitative estimate of drug-likeness (QED) is 0.617. The van der Waals surface area contributed by atoms with E-state index >= 15 is 0 Å². The Kier molecular flexibility index (Phi) is 3.18. The van der Waals surface area contributed by atoms with Crippen LogP contribution >= 0.6 is 0 Å². The molecule has 0 heterocycles. The van der Waals surface area contributed by atoms with Crippen LogP contribution in [-0.4, -0.2) is 10.7 Å². The maximum absolute atomic E-state index is 10.4. The van der Waals surface area contributed by atoms with Crippen molar-refractivity contribution in [3.8, 4) is 0 Å². The maximum Gasteiger partial charge on any atom is 0.0859 e. The van der Waals surface area contributed by atoms with Crippen LogP contribution in [0.3, 0.4) is 0 Å². The van der Waals surface area contributed by atoms with E-state index in [0.717, 1.165) is 19.3 Å². The Morgan fingerprint density at radius 1 is 1.54 bits per heavy atom. The molecule has 1 N–H and O–H groups in total. The fourth-order valence-electron chi connectivity index (χ4n) is 2.50. The Morgan fingerprint density at radius 3 is 2.62 bits per heavy atom. The number of allylic oxidation sites excluding steroid dienone is 1. The molecule has 0 aromatic carbocycles. The summed E-state index contributed by atoms with van der Waals surface area (Å²) >= 11 is 0. The van der Waals surface area contributed by atoms with Gasteiger partial charge in [0.1, 0.15) is 0 Å². The van der Waals surface area contributed by atoms with Crippen LogP contribution in [0.25, 0.3) is 0 Å². The molecule has 1 aliphatic carbocycles. The van der Waals surface area contributed by atoms with Crippen molar-refractivity contribution in [1.82, 2.24) is 0 Å². The molecule has 0 saturated heterocycles. The summed E-state index contributed by atoms with van der Waals surface area (Å²) in [6.07, 6.45) is 4.14. The molecular formula is C12H22O. The highest BCUT2D eigenvalue weighted by Gasteiger charge is 2.35. The molecule has 2 unspecified atom stereocenters. The van der Waals surface area contributed by atoms with Crippen molar-refractivity contribution in [1.29, 1.82) is 0 Å². The zero-order valence-corrected chi connectivity index (χ0v) is 9.35. The van der Waals surface area contributed by atoms with Gasteiger partial charge >= 0.3 is 0 Å². The summed E-state index contributed by atoms with van der Waals surface area (Å²) in [6.45, 7) is 8.56. The predicted molar refractivity (Wildman–Crippen MR) is 56.6 cm³/mol. The topological polar surface area (TPSA) is 20.2 Å². The summed E-state index contributed by atoms with van der Waals surface area (Å²) in [6, 6.07) is 0. The molecule has 1 rings (SSSR count). The molecule has 0 amide bonds. The van der Waals surface area contributed by atoms with Crippen LogP contribution in [-0.2, 0) is 0 Å². The van der Waals surface area contributed by atoms with Gasteiger partial charge in [0.2, 0.25) is 0 Å². The van der Waals surface area contributed by atoms with Crippen molar-refractivity contribution < 1.29 is 5.11 Å². The summed E-state index contributed by atoms with van der Waals surface area (Å²) in [5, 5.41) is 10.4. The molecule has 1 heteroatoms. The Morgan fingerprint density at radius 2 is 2.15 bits per heavy atom. The highest BCUT2D eigenvalue weighted by molar-refractivity contribution is 5.23. The minimum atomic E-state index is -0.490. The number of aliphatic hydroxyl groups is 1. The highest BCUT2D eigenvalue weighted by atomic mass is 16.3. The minimum Gasteiger partial charge on any atom is -0.386 e. The lowest BCUT2D eigenvalue weighted by Gasteiger charge is -2.38. The van der Waals surface area contributed by atoms with Gasteiger partial charge in [-0.15, -0.1) is 0 Å². The second-order valence-corrected chi connectivity index (χ2v) is 4.71. The zero-order valence-electron chi connectivity index (χ0n) is 9.35. The van der Waals surface area contributed by atoms with Crippen molar-refractivity contribution in [3.63, 3.8) is 0 Å². The van der Waals surface area contributed by atoms with Crippen molar-refractivity contribution in [2.75, 3.05) is 0 Å². The van der Waals surface area contributed by atoms with Crippen LogP contribution in [0, 0.1) is 5.92 Å². The largest absolute Gasteiger partial charge is 0.386 e. The first-order valence-electron chi connectivity index (χ1n) is 5.39. The van der Waals surface area contributed by atoms with Gasteiger partial charge in [-0.25, -0.2) is 0 Å². The summed E-state index contributed by atoms with van der Waals surface area (Å²) in [7, 11) is 0. The predicted octanol–water partition coefficient (Wildman–Crippen LogP) is 3.28. The smallest absolute Gasteiger partial charge is 0.0859 e. The molecule has 2 atom stereocenters. The third-order valence-corrected chi connectivity index (χ3v) is 3.32. The number of rotatable bonds is 1. The van der Waals surface area contributed by atoms with Crippen LogP contribution in [0.15, 0.2) is 11.1 Å². The van der Waals surface area contributed by atoms with Gasteiger partial charge in [-0.3, -0.25) is 0 Å². The first kappa shape index (κ1) is 10.8. The fourth-order valence-corrected chi connectivity index (χ4v) is 2.50. The van der Waals surface area contributed by atoms with Crippen molar-refractivity contribution >= 4 is 0 Å². The monoisotopic (exact) mass is 182 g/mol. The number of hydrogen-bond donors (Lipinski definition) is 1. The lowest BCUT2D eigenvalue weighted by Crippen LogP contribution is -2.36. The van der Waals surface area contributed by atoms with Gasteiger partial charge in [-0.05, 0) is 51.0 Å². The molecule has 0 spiro atoms. The molecule has 0 bridgehead atoms. The minimum absolute atomic E-state index is 0.490. The Hall–Kier alpha value is -0.300. The van der Waals surface area contributed by atoms with E-state index in [1.165, 1.54) is 17.6 Å². The highest BCUT2D eigenvalue weighted by Crippen LogP contribution is 2.40. The van der Waals surface area contributed by atoms with Crippen LogP contribution in [0.2, 0.25) is 0 Å². The molecular weight excluding hydrogens is 160 g/mol. The average Bonchev–Trinajstić information content (AvgIpc) is 2.03. The summed E-state index contributed by atoms with van der Waals surface area (Å²) in [5.74, 6) is 0.674. The Labute approximate surface area is 81.9 Å². The van der Waals surface area contributed by atoms with Gasteiger partial charge in [0.15, 0.2) is 0 Å². The molecule has 1 nitrogen and oxygen atoms in total. The van der Waals surface area contributed by atoms with Crippen LogP contribution in [0.4, 0.5) is 0 Å². The zero-order chi connectivity index (χ0) is 10.1. The summed E-state index contributed by atoms with van der Waals surface area (Å²) < 4.78 is 0. The average molecular weight is 182 g/mol. The molecule has 1 saturated carbocycles. The van der Waals surface area contributed by atoms with E-state index in [9.17, 15) is 5.11 Å². The summed E-state index contributed by atoms with van der Waals surface area (Å²) in [4.78, 5) is 0. The summed E-state index contributed by atoms with van der Waals surface area (Å²) in [5.41, 5.74) is 2.13. The third kappa shape index (κ3) is 2.14. The van der Waals surface area contributed by atoms with E-state index in [-0.39, 0.29) is 0 Å². The first-order valence-corrected chi connectivity index (χ1v) is 5.39. The second-order valence-electron chi connectivity index (χ2n) is 4.71. The van der Waals surface area contributed by atoms with Gasteiger partial charge in [0.05, 0.1) is 5.60 Å². The molecule has 0 aliphatic heterocycles. The first-order chi connectivity index (χ1) is 5.99. The second kappa shape index (κ2) is 3.83. The van der Waals surface area contributed by atoms with E-state index in [1.807, 2.05) is 0 Å². The van der Waals surface area contributed by atoms with Gasteiger partial charge in [-0.1, -0.05) is 19.4 Å². The van der Waals surface area contributed by atoms with Gasteiger partial charge in [-0.2, -0.15) is 0 Å². The molecule has 1 aliphatic rings. The van der Waals surface area contributed by atoms with E-state index in [4.69, 9.17) is 0 Å². The molecule has 0 radical (unpaired) electrons. The standard InChI is InChI=1S/C12H22O/c1-5-12(13)8-10(4)6-7-11(12)9(2)3/h10,13H,5-8H2,1-4H3. The van der Waals surface area contributed by atoms with E-state index in [0.29, 0.717) is 5.92 Å². The van der Waals surface area contributed by atoms with E-state index in [2.05, 4.69) is 27.7 Å². The Bertz CT molecular complexity index is 213. The van der Waals surface area contributed by atoms with E-state index < -0.39 is 5.60 Å². The number of hydrogen-bond acceptors (Lipinski definition) is 1. The van der Waals surface area contributed by atoms with Crippen molar-refractivity contribution in [2.45, 2.75) is 59.0 Å². The SMILES string of the molecule is CCC1(O)CC(C)CCC1=C(C)C. The normalized spacial score (nSPS) is 34.8. The molecule has 0 aromatic rings. The Balaban J connectivity index is 2.92. The lowest BCUT2D eigenvalue weighted by atomic mass is 9.72. The molecule has 1 fully saturated rings. The maximum atomic E-state index is 10.4. The van der Waals surface area contributed by atoms with Crippen LogP contribution < -0.4 is 0 Å². The lowest BCUT2D eigenvalue weighted by molar-refractivity contribution is 0.0295.